The summed E-state index contributed by atoms with van der Waals surface area (Å²) >= 11 is 0. The Hall–Kier alpha value is -2.69. The third-order valence-corrected chi connectivity index (χ3v) is 6.71. The quantitative estimate of drug-likeness (QED) is 0.693. The van der Waals surface area contributed by atoms with Gasteiger partial charge in [0, 0.05) is 44.8 Å². The Balaban J connectivity index is 1.74. The van der Waals surface area contributed by atoms with Crippen LogP contribution in [-0.2, 0) is 26.6 Å². The van der Waals surface area contributed by atoms with Crippen molar-refractivity contribution in [3.63, 3.8) is 0 Å². The van der Waals surface area contributed by atoms with E-state index in [-0.39, 0.29) is 23.1 Å². The van der Waals surface area contributed by atoms with Crippen LogP contribution in [0.25, 0.3) is 0 Å². The van der Waals surface area contributed by atoms with E-state index >= 15 is 0 Å². The zero-order chi connectivity index (χ0) is 21.7. The third-order valence-electron chi connectivity index (χ3n) is 4.84. The Labute approximate surface area is 176 Å². The van der Waals surface area contributed by atoms with Crippen LogP contribution in [0.1, 0.15) is 29.8 Å². The molecule has 1 aliphatic rings. The first kappa shape index (κ1) is 22.0. The van der Waals surface area contributed by atoms with Crippen molar-refractivity contribution in [3.05, 3.63) is 42.2 Å². The number of ether oxygens (including phenoxy) is 1. The lowest BCUT2D eigenvalue weighted by molar-refractivity contribution is -0.119. The normalized spacial score (nSPS) is 15.0. The minimum absolute atomic E-state index is 0.0752. The molecule has 3 rings (SSSR count). The van der Waals surface area contributed by atoms with Gasteiger partial charge >= 0.3 is 0 Å². The fourth-order valence-corrected chi connectivity index (χ4v) is 4.94. The van der Waals surface area contributed by atoms with Crippen molar-refractivity contribution in [1.29, 1.82) is 0 Å². The Morgan fingerprint density at radius 2 is 1.73 bits per heavy atom. The first-order valence-electron chi connectivity index (χ1n) is 9.68. The summed E-state index contributed by atoms with van der Waals surface area (Å²) in [4.78, 5) is 24.5. The molecule has 30 heavy (non-hydrogen) atoms. The monoisotopic (exact) mass is 434 g/mol. The summed E-state index contributed by atoms with van der Waals surface area (Å²) in [5.74, 6) is -0.756. The first-order chi connectivity index (χ1) is 14.3. The number of nitrogens with zero attached hydrogens (tertiary/aromatic N) is 2. The third kappa shape index (κ3) is 5.07. The van der Waals surface area contributed by atoms with Crippen molar-refractivity contribution < 1.29 is 22.7 Å². The van der Waals surface area contributed by atoms with Gasteiger partial charge in [-0.05, 0) is 37.1 Å². The van der Waals surface area contributed by atoms with Crippen molar-refractivity contribution >= 4 is 33.2 Å². The number of carbonyl (C=O) groups excluding carboxylic acids is 2. The van der Waals surface area contributed by atoms with Crippen LogP contribution >= 0.6 is 0 Å². The Bertz CT molecular complexity index is 1030. The molecule has 2 amide bonds. The second-order valence-corrected chi connectivity index (χ2v) is 9.09. The molecule has 2 N–H and O–H groups in total. The van der Waals surface area contributed by atoms with Crippen LogP contribution < -0.4 is 10.6 Å². The number of carbonyl (C=O) groups is 2. The molecule has 1 aromatic heterocycles. The fourth-order valence-electron chi connectivity index (χ4n) is 3.35. The molecule has 0 atom stereocenters. The van der Waals surface area contributed by atoms with Gasteiger partial charge in [0.05, 0.1) is 0 Å². The maximum atomic E-state index is 12.9. The fraction of sp³-hybridized carbons (Fsp3) is 0.400. The number of anilines is 2. The average molecular weight is 435 g/mol. The van der Waals surface area contributed by atoms with Crippen LogP contribution in [0.4, 0.5) is 11.4 Å². The predicted molar refractivity (Wildman–Crippen MR) is 113 cm³/mol. The van der Waals surface area contributed by atoms with E-state index in [9.17, 15) is 18.0 Å². The van der Waals surface area contributed by atoms with Gasteiger partial charge in [-0.2, -0.15) is 4.31 Å². The molecule has 1 fully saturated rings. The number of hydrogen-bond donors (Lipinski definition) is 2. The second kappa shape index (κ2) is 9.41. The Kier molecular flexibility index (Phi) is 6.91. The number of amides is 2. The number of sulfonamides is 1. The molecule has 0 unspecified atom stereocenters. The lowest BCUT2D eigenvalue weighted by Gasteiger charge is -2.25. The molecule has 1 aromatic carbocycles. The van der Waals surface area contributed by atoms with Gasteiger partial charge in [-0.3, -0.25) is 9.59 Å². The first-order valence-corrected chi connectivity index (χ1v) is 11.1. The summed E-state index contributed by atoms with van der Waals surface area (Å²) in [6.07, 6.45) is 4.17. The highest BCUT2D eigenvalue weighted by Gasteiger charge is 2.28. The summed E-state index contributed by atoms with van der Waals surface area (Å²) in [5, 5.41) is 5.40. The maximum Gasteiger partial charge on any atom is 0.272 e. The molecule has 0 spiro atoms. The van der Waals surface area contributed by atoms with Crippen molar-refractivity contribution in [1.82, 2.24) is 8.87 Å². The van der Waals surface area contributed by atoms with E-state index in [1.54, 1.807) is 31.3 Å². The molecule has 0 bridgehead atoms. The number of aromatic nitrogens is 1. The molecule has 9 nitrogen and oxygen atoms in total. The molecule has 0 radical (unpaired) electrons. The number of rotatable bonds is 7. The van der Waals surface area contributed by atoms with E-state index in [4.69, 9.17) is 4.74 Å². The van der Waals surface area contributed by atoms with Crippen LogP contribution in [0, 0.1) is 0 Å². The summed E-state index contributed by atoms with van der Waals surface area (Å²) in [5.41, 5.74) is 1.20. The molecule has 2 heterocycles. The highest BCUT2D eigenvalue weighted by Crippen LogP contribution is 2.23. The highest BCUT2D eigenvalue weighted by atomic mass is 32.2. The van der Waals surface area contributed by atoms with E-state index in [1.807, 2.05) is 0 Å². The van der Waals surface area contributed by atoms with Gasteiger partial charge in [0.15, 0.2) is 0 Å². The van der Waals surface area contributed by atoms with Gasteiger partial charge in [0.1, 0.15) is 17.2 Å². The van der Waals surface area contributed by atoms with Crippen molar-refractivity contribution in [2.75, 3.05) is 37.4 Å². The second-order valence-electron chi connectivity index (χ2n) is 7.15. The molecular formula is C20H26N4O5S. The summed E-state index contributed by atoms with van der Waals surface area (Å²) in [7, 11) is -0.566. The van der Waals surface area contributed by atoms with Crippen LogP contribution in [0.3, 0.4) is 0 Å². The molecule has 0 aliphatic carbocycles. The van der Waals surface area contributed by atoms with E-state index in [0.29, 0.717) is 24.5 Å². The average Bonchev–Trinajstić information content (AvgIpc) is 3.12. The smallest absolute Gasteiger partial charge is 0.272 e. The van der Waals surface area contributed by atoms with Gasteiger partial charge < -0.3 is 19.9 Å². The van der Waals surface area contributed by atoms with Crippen molar-refractivity contribution in [2.24, 2.45) is 7.05 Å². The number of hydrogen-bond acceptors (Lipinski definition) is 5. The molecular weight excluding hydrogens is 408 g/mol. The van der Waals surface area contributed by atoms with E-state index in [0.717, 1.165) is 19.3 Å². The Morgan fingerprint density at radius 3 is 2.40 bits per heavy atom. The highest BCUT2D eigenvalue weighted by molar-refractivity contribution is 7.89. The summed E-state index contributed by atoms with van der Waals surface area (Å²) in [6, 6.07) is 8.06. The zero-order valence-electron chi connectivity index (χ0n) is 17.1. The number of nitrogens with one attached hydrogen (secondary N) is 2. The summed E-state index contributed by atoms with van der Waals surface area (Å²) in [6.45, 7) is 0.925. The molecule has 162 valence electrons. The number of methoxy groups -OCH3 is 1. The van der Waals surface area contributed by atoms with Crippen molar-refractivity contribution in [3.8, 4) is 0 Å². The van der Waals surface area contributed by atoms with Crippen LogP contribution in [0.5, 0.6) is 0 Å². The maximum absolute atomic E-state index is 12.9. The predicted octanol–water partition coefficient (Wildman–Crippen LogP) is 2.04. The van der Waals surface area contributed by atoms with E-state index < -0.39 is 15.9 Å². The van der Waals surface area contributed by atoms with Gasteiger partial charge in [0.25, 0.3) is 5.91 Å². The SMILES string of the molecule is COCC(=O)Nc1cccc(NC(=O)c2cc(S(=O)(=O)N3CCCCC3)cn2C)c1. The van der Waals surface area contributed by atoms with Crippen LogP contribution in [-0.4, -0.2) is 55.9 Å². The largest absolute Gasteiger partial charge is 0.375 e. The van der Waals surface area contributed by atoms with E-state index in [1.165, 1.54) is 28.2 Å². The molecule has 1 aliphatic heterocycles. The number of aryl methyl sites for hydroxylation is 1. The van der Waals surface area contributed by atoms with Crippen LogP contribution in [0.2, 0.25) is 0 Å². The van der Waals surface area contributed by atoms with Gasteiger partial charge in [-0.1, -0.05) is 12.5 Å². The standard InChI is InChI=1S/C20H26N4O5S/c1-23-13-17(30(27,28)24-9-4-3-5-10-24)12-18(23)20(26)22-16-8-6-7-15(11-16)21-19(25)14-29-2/h6-8,11-13H,3-5,9-10,14H2,1-2H3,(H,21,25)(H,22,26). The van der Waals surface area contributed by atoms with Gasteiger partial charge in [0.2, 0.25) is 15.9 Å². The molecule has 10 heteroatoms. The number of piperidine rings is 1. The minimum Gasteiger partial charge on any atom is -0.375 e. The lowest BCUT2D eigenvalue weighted by atomic mass is 10.2. The minimum atomic E-state index is -3.62. The summed E-state index contributed by atoms with van der Waals surface area (Å²) < 4.78 is 33.5. The van der Waals surface area contributed by atoms with Crippen LogP contribution in [0.15, 0.2) is 41.4 Å². The van der Waals surface area contributed by atoms with E-state index in [2.05, 4.69) is 10.6 Å². The van der Waals surface area contributed by atoms with Gasteiger partial charge in [-0.25, -0.2) is 8.42 Å². The van der Waals surface area contributed by atoms with Crippen molar-refractivity contribution in [2.45, 2.75) is 24.2 Å². The topological polar surface area (TPSA) is 110 Å². The zero-order valence-corrected chi connectivity index (χ0v) is 17.9. The van der Waals surface area contributed by atoms with Gasteiger partial charge in [-0.15, -0.1) is 0 Å². The molecule has 1 saturated heterocycles. The Morgan fingerprint density at radius 1 is 1.07 bits per heavy atom. The lowest BCUT2D eigenvalue weighted by Crippen LogP contribution is -2.35. The molecule has 0 saturated carbocycles. The number of benzene rings is 1. The molecule has 2 aromatic rings.